The van der Waals surface area contributed by atoms with Crippen LogP contribution in [0.2, 0.25) is 0 Å². The summed E-state index contributed by atoms with van der Waals surface area (Å²) in [5.74, 6) is -0.507. The van der Waals surface area contributed by atoms with Gasteiger partial charge in [0.15, 0.2) is 5.82 Å². The predicted molar refractivity (Wildman–Crippen MR) is 85.9 cm³/mol. The molecule has 2 aromatic rings. The molecule has 1 N–H and O–H groups in total. The minimum absolute atomic E-state index is 0.118. The van der Waals surface area contributed by atoms with Crippen molar-refractivity contribution in [3.8, 4) is 6.01 Å². The van der Waals surface area contributed by atoms with Crippen LogP contribution in [0, 0.1) is 5.82 Å². The molecule has 0 spiro atoms. The lowest BCUT2D eigenvalue weighted by molar-refractivity contribution is 0.0936. The Kier molecular flexibility index (Phi) is 5.20. The summed E-state index contributed by atoms with van der Waals surface area (Å²) >= 11 is 0. The Hall–Kier alpha value is -2.70. The molecule has 0 aliphatic carbocycles. The third-order valence-electron chi connectivity index (χ3n) is 3.82. The third-order valence-corrected chi connectivity index (χ3v) is 3.82. The van der Waals surface area contributed by atoms with Crippen LogP contribution < -0.4 is 10.1 Å². The zero-order valence-electron chi connectivity index (χ0n) is 13.2. The molecule has 1 atom stereocenters. The number of rotatable bonds is 4. The van der Waals surface area contributed by atoms with Crippen molar-refractivity contribution >= 4 is 6.03 Å². The molecule has 1 aromatic heterocycles. The van der Waals surface area contributed by atoms with Gasteiger partial charge in [0.2, 0.25) is 0 Å². The molecule has 24 heavy (non-hydrogen) atoms. The minimum atomic E-state index is -0.507. The molecule has 1 fully saturated rings. The fraction of sp³-hybridized carbons (Fsp3) is 0.353. The van der Waals surface area contributed by atoms with Gasteiger partial charge in [0.25, 0.3) is 0 Å². The van der Waals surface area contributed by atoms with Gasteiger partial charge in [0, 0.05) is 13.1 Å². The molecule has 2 amide bonds. The second-order valence-corrected chi connectivity index (χ2v) is 5.66. The Morgan fingerprint density at radius 1 is 1.29 bits per heavy atom. The third kappa shape index (κ3) is 4.41. The first-order chi connectivity index (χ1) is 11.7. The first kappa shape index (κ1) is 16.2. The monoisotopic (exact) mass is 330 g/mol. The largest absolute Gasteiger partial charge is 0.458 e. The first-order valence-corrected chi connectivity index (χ1v) is 7.91. The molecule has 1 aliphatic heterocycles. The van der Waals surface area contributed by atoms with Crippen molar-refractivity contribution in [1.82, 2.24) is 20.2 Å². The van der Waals surface area contributed by atoms with Gasteiger partial charge in [-0.25, -0.2) is 19.2 Å². The average Bonchev–Trinajstić information content (AvgIpc) is 2.63. The summed E-state index contributed by atoms with van der Waals surface area (Å²) in [6.45, 7) is 1.63. The molecule has 0 saturated carbocycles. The van der Waals surface area contributed by atoms with E-state index in [1.54, 1.807) is 4.90 Å². The number of amides is 2. The molecule has 1 saturated heterocycles. The van der Waals surface area contributed by atoms with E-state index in [0.717, 1.165) is 30.8 Å². The number of aromatic nitrogens is 2. The second-order valence-electron chi connectivity index (χ2n) is 5.66. The highest BCUT2D eigenvalue weighted by molar-refractivity contribution is 5.74. The molecule has 6 nitrogen and oxygen atoms in total. The first-order valence-electron chi connectivity index (χ1n) is 7.91. The summed E-state index contributed by atoms with van der Waals surface area (Å²) in [5.41, 5.74) is 1.05. The van der Waals surface area contributed by atoms with E-state index >= 15 is 0 Å². The van der Waals surface area contributed by atoms with Crippen LogP contribution in [0.1, 0.15) is 18.4 Å². The van der Waals surface area contributed by atoms with Gasteiger partial charge in [0.1, 0.15) is 6.10 Å². The van der Waals surface area contributed by atoms with E-state index in [2.05, 4.69) is 15.3 Å². The van der Waals surface area contributed by atoms with E-state index in [1.165, 1.54) is 0 Å². The molecule has 1 unspecified atom stereocenters. The molecular formula is C17H19FN4O2. The number of piperidine rings is 1. The van der Waals surface area contributed by atoms with E-state index in [9.17, 15) is 9.18 Å². The van der Waals surface area contributed by atoms with Gasteiger partial charge in [-0.15, -0.1) is 0 Å². The number of halogens is 1. The van der Waals surface area contributed by atoms with E-state index in [0.29, 0.717) is 19.6 Å². The van der Waals surface area contributed by atoms with E-state index < -0.39 is 5.82 Å². The zero-order chi connectivity index (χ0) is 16.8. The number of benzene rings is 1. The maximum atomic E-state index is 12.8. The van der Waals surface area contributed by atoms with Gasteiger partial charge in [-0.1, -0.05) is 30.3 Å². The smallest absolute Gasteiger partial charge is 0.317 e. The Labute approximate surface area is 139 Å². The summed E-state index contributed by atoms with van der Waals surface area (Å²) in [5, 5.41) is 2.91. The van der Waals surface area contributed by atoms with Gasteiger partial charge in [0.05, 0.1) is 18.9 Å². The maximum absolute atomic E-state index is 12.8. The van der Waals surface area contributed by atoms with Crippen LogP contribution >= 0.6 is 0 Å². The van der Waals surface area contributed by atoms with Crippen LogP contribution in [0.15, 0.2) is 42.7 Å². The number of urea groups is 1. The molecule has 3 rings (SSSR count). The highest BCUT2D eigenvalue weighted by Gasteiger charge is 2.25. The van der Waals surface area contributed by atoms with Gasteiger partial charge in [-0.05, 0) is 18.4 Å². The number of likely N-dealkylation sites (tertiary alicyclic amines) is 1. The number of carbonyl (C=O) groups is 1. The molecule has 0 bridgehead atoms. The van der Waals surface area contributed by atoms with Crippen LogP contribution in [0.4, 0.5) is 9.18 Å². The molecule has 0 radical (unpaired) electrons. The number of carbonyl (C=O) groups excluding carboxylic acids is 1. The van der Waals surface area contributed by atoms with Gasteiger partial charge in [-0.2, -0.15) is 0 Å². The van der Waals surface area contributed by atoms with Crippen molar-refractivity contribution in [2.45, 2.75) is 25.5 Å². The van der Waals surface area contributed by atoms with Gasteiger partial charge >= 0.3 is 12.0 Å². The molecule has 1 aliphatic rings. The maximum Gasteiger partial charge on any atom is 0.317 e. The quantitative estimate of drug-likeness (QED) is 0.934. The number of hydrogen-bond donors (Lipinski definition) is 1. The minimum Gasteiger partial charge on any atom is -0.458 e. The summed E-state index contributed by atoms with van der Waals surface area (Å²) < 4.78 is 18.5. The van der Waals surface area contributed by atoms with E-state index in [4.69, 9.17) is 4.74 Å². The van der Waals surface area contributed by atoms with Crippen molar-refractivity contribution in [2.75, 3.05) is 13.1 Å². The fourth-order valence-corrected chi connectivity index (χ4v) is 2.61. The fourth-order valence-electron chi connectivity index (χ4n) is 2.61. The van der Waals surface area contributed by atoms with E-state index in [-0.39, 0.29) is 18.1 Å². The lowest BCUT2D eigenvalue weighted by atomic mass is 10.1. The topological polar surface area (TPSA) is 67.4 Å². The Morgan fingerprint density at radius 3 is 2.79 bits per heavy atom. The summed E-state index contributed by atoms with van der Waals surface area (Å²) in [6, 6.07) is 9.77. The standard InChI is InChI=1S/C17H19FN4O2/c18-14-10-19-16(20-11-14)24-15-7-4-8-22(12-15)17(23)21-9-13-5-2-1-3-6-13/h1-3,5-6,10-11,15H,4,7-9,12H2,(H,21,23). The van der Waals surface area contributed by atoms with Crippen molar-refractivity contribution in [1.29, 1.82) is 0 Å². The Bertz CT molecular complexity index is 666. The number of hydrogen-bond acceptors (Lipinski definition) is 4. The Balaban J connectivity index is 1.51. The zero-order valence-corrected chi connectivity index (χ0v) is 13.2. The van der Waals surface area contributed by atoms with Crippen LogP contribution in [-0.2, 0) is 6.54 Å². The SMILES string of the molecule is O=C(NCc1ccccc1)N1CCCC(Oc2ncc(F)cn2)C1. The van der Waals surface area contributed by atoms with E-state index in [1.807, 2.05) is 30.3 Å². The van der Waals surface area contributed by atoms with Gasteiger partial charge in [-0.3, -0.25) is 0 Å². The molecule has 2 heterocycles. The van der Waals surface area contributed by atoms with Crippen LogP contribution in [-0.4, -0.2) is 40.1 Å². The molecule has 1 aromatic carbocycles. The number of nitrogens with zero attached hydrogens (tertiary/aromatic N) is 3. The molecule has 7 heteroatoms. The van der Waals surface area contributed by atoms with Crippen LogP contribution in [0.5, 0.6) is 6.01 Å². The summed E-state index contributed by atoms with van der Waals surface area (Å²) in [6.07, 6.45) is 3.59. The van der Waals surface area contributed by atoms with Gasteiger partial charge < -0.3 is 15.0 Å². The van der Waals surface area contributed by atoms with Crippen molar-refractivity contribution < 1.29 is 13.9 Å². The molecule has 126 valence electrons. The highest BCUT2D eigenvalue weighted by atomic mass is 19.1. The van der Waals surface area contributed by atoms with Crippen molar-refractivity contribution in [3.05, 3.63) is 54.1 Å². The second kappa shape index (κ2) is 7.72. The normalized spacial score (nSPS) is 17.4. The Morgan fingerprint density at radius 2 is 2.04 bits per heavy atom. The van der Waals surface area contributed by atoms with Crippen molar-refractivity contribution in [3.63, 3.8) is 0 Å². The molecular weight excluding hydrogens is 311 g/mol. The van der Waals surface area contributed by atoms with Crippen molar-refractivity contribution in [2.24, 2.45) is 0 Å². The van der Waals surface area contributed by atoms with Crippen LogP contribution in [0.25, 0.3) is 0 Å². The summed E-state index contributed by atoms with van der Waals surface area (Å²) in [4.78, 5) is 21.6. The van der Waals surface area contributed by atoms with Crippen LogP contribution in [0.3, 0.4) is 0 Å². The summed E-state index contributed by atoms with van der Waals surface area (Å²) in [7, 11) is 0. The lowest BCUT2D eigenvalue weighted by Gasteiger charge is -2.32. The highest BCUT2D eigenvalue weighted by Crippen LogP contribution is 2.15. The number of nitrogens with one attached hydrogen (secondary N) is 1. The number of ether oxygens (including phenoxy) is 1. The average molecular weight is 330 g/mol. The lowest BCUT2D eigenvalue weighted by Crippen LogP contribution is -2.48. The predicted octanol–water partition coefficient (Wildman–Crippen LogP) is 2.37.